The number of hydrogen-bond acceptors (Lipinski definition) is 4. The number of carbonyl (C=O) groups is 1. The lowest BCUT2D eigenvalue weighted by atomic mass is 10.0. The van der Waals surface area contributed by atoms with Crippen molar-refractivity contribution >= 4 is 17.3 Å². The van der Waals surface area contributed by atoms with Gasteiger partial charge in [0.1, 0.15) is 22.2 Å². The van der Waals surface area contributed by atoms with Crippen LogP contribution in [0.4, 0.5) is 13.2 Å². The summed E-state index contributed by atoms with van der Waals surface area (Å²) in [6.45, 7) is 0.156. The molecule has 0 amide bonds. The third kappa shape index (κ3) is 2.35. The number of ether oxygens (including phenoxy) is 1. The third-order valence-corrected chi connectivity index (χ3v) is 4.26. The number of alkyl halides is 3. The van der Waals surface area contributed by atoms with Gasteiger partial charge in [-0.3, -0.25) is 0 Å². The van der Waals surface area contributed by atoms with Crippen molar-refractivity contribution in [3.63, 3.8) is 0 Å². The van der Waals surface area contributed by atoms with Gasteiger partial charge in [0.05, 0.1) is 5.92 Å². The quantitative estimate of drug-likeness (QED) is 0.923. The van der Waals surface area contributed by atoms with Crippen molar-refractivity contribution in [3.05, 3.63) is 45.4 Å². The zero-order valence-electron chi connectivity index (χ0n) is 10.3. The summed E-state index contributed by atoms with van der Waals surface area (Å²) in [6, 6.07) is 6.96. The molecular formula is C13H8F3NO3S. The smallest absolute Gasteiger partial charge is 0.435 e. The van der Waals surface area contributed by atoms with Crippen molar-refractivity contribution < 1.29 is 27.8 Å². The molecule has 110 valence electrons. The molecule has 1 atom stereocenters. The summed E-state index contributed by atoms with van der Waals surface area (Å²) in [7, 11) is 0. The highest BCUT2D eigenvalue weighted by atomic mass is 32.1. The summed E-state index contributed by atoms with van der Waals surface area (Å²) in [4.78, 5) is 13.7. The molecule has 0 saturated carbocycles. The second-order valence-corrected chi connectivity index (χ2v) is 5.46. The fourth-order valence-electron chi connectivity index (χ4n) is 2.19. The number of hydrogen-bond donors (Lipinski definition) is 1. The van der Waals surface area contributed by atoms with Crippen LogP contribution < -0.4 is 4.74 Å². The van der Waals surface area contributed by atoms with Crippen molar-refractivity contribution in [1.29, 1.82) is 0 Å². The molecule has 4 nitrogen and oxygen atoms in total. The van der Waals surface area contributed by atoms with E-state index in [0.29, 0.717) is 17.1 Å². The Kier molecular flexibility index (Phi) is 3.12. The average molecular weight is 315 g/mol. The summed E-state index contributed by atoms with van der Waals surface area (Å²) in [5, 5.41) is 9.02. The molecule has 0 radical (unpaired) electrons. The zero-order valence-corrected chi connectivity index (χ0v) is 11.2. The van der Waals surface area contributed by atoms with Crippen LogP contribution >= 0.6 is 11.3 Å². The Morgan fingerprint density at radius 3 is 2.71 bits per heavy atom. The van der Waals surface area contributed by atoms with E-state index in [0.717, 1.165) is 5.56 Å². The Labute approximate surface area is 120 Å². The van der Waals surface area contributed by atoms with E-state index in [1.165, 1.54) is 0 Å². The summed E-state index contributed by atoms with van der Waals surface area (Å²) in [5.74, 6) is -1.51. The summed E-state index contributed by atoms with van der Waals surface area (Å²) in [6.07, 6.45) is -4.79. The van der Waals surface area contributed by atoms with E-state index in [1.807, 2.05) is 0 Å². The van der Waals surface area contributed by atoms with E-state index in [2.05, 4.69) is 4.98 Å². The van der Waals surface area contributed by atoms with Gasteiger partial charge in [-0.1, -0.05) is 18.2 Å². The highest BCUT2D eigenvalue weighted by Crippen LogP contribution is 2.42. The zero-order chi connectivity index (χ0) is 15.2. The standard InChI is InChI=1S/C13H8F3NO3S/c14-13(15,16)10-9(12(18)19)21-11(17-10)7-5-20-8-4-2-1-3-6(7)8/h1-4,7H,5H2,(H,18,19). The van der Waals surface area contributed by atoms with Crippen LogP contribution in [0.15, 0.2) is 24.3 Å². The number of thiazole rings is 1. The summed E-state index contributed by atoms with van der Waals surface area (Å²) in [5.41, 5.74) is -0.628. The summed E-state index contributed by atoms with van der Waals surface area (Å²) >= 11 is 0.545. The number of benzene rings is 1. The van der Waals surface area contributed by atoms with Crippen LogP contribution in [-0.2, 0) is 6.18 Å². The van der Waals surface area contributed by atoms with Gasteiger partial charge in [-0.2, -0.15) is 13.2 Å². The van der Waals surface area contributed by atoms with E-state index in [9.17, 15) is 18.0 Å². The van der Waals surface area contributed by atoms with Crippen molar-refractivity contribution in [3.8, 4) is 5.75 Å². The molecule has 2 aromatic rings. The van der Waals surface area contributed by atoms with Crippen LogP contribution in [0.25, 0.3) is 0 Å². The largest absolute Gasteiger partial charge is 0.492 e. The molecule has 1 aliphatic heterocycles. The Morgan fingerprint density at radius 2 is 2.10 bits per heavy atom. The predicted octanol–water partition coefficient (Wildman–Crippen LogP) is 3.38. The summed E-state index contributed by atoms with van der Waals surface area (Å²) < 4.78 is 44.0. The number of para-hydroxylation sites is 1. The van der Waals surface area contributed by atoms with Crippen LogP contribution in [0.5, 0.6) is 5.75 Å². The minimum atomic E-state index is -4.79. The van der Waals surface area contributed by atoms with Gasteiger partial charge >= 0.3 is 12.1 Å². The number of aromatic nitrogens is 1. The van der Waals surface area contributed by atoms with Gasteiger partial charge in [0.15, 0.2) is 5.69 Å². The maximum Gasteiger partial charge on any atom is 0.435 e. The predicted molar refractivity (Wildman–Crippen MR) is 67.9 cm³/mol. The Hall–Kier alpha value is -2.09. The van der Waals surface area contributed by atoms with Crippen LogP contribution in [0.1, 0.15) is 31.9 Å². The molecule has 2 heterocycles. The lowest BCUT2D eigenvalue weighted by molar-refractivity contribution is -0.141. The molecule has 0 bridgehead atoms. The lowest BCUT2D eigenvalue weighted by Gasteiger charge is -2.04. The van der Waals surface area contributed by atoms with Crippen molar-refractivity contribution in [1.82, 2.24) is 4.98 Å². The normalized spacial score (nSPS) is 17.4. The Balaban J connectivity index is 2.07. The highest BCUT2D eigenvalue weighted by Gasteiger charge is 2.41. The number of fused-ring (bicyclic) bond motifs is 1. The van der Waals surface area contributed by atoms with E-state index in [4.69, 9.17) is 9.84 Å². The molecule has 3 rings (SSSR count). The molecule has 0 spiro atoms. The second kappa shape index (κ2) is 4.73. The van der Waals surface area contributed by atoms with Gasteiger partial charge in [0.2, 0.25) is 0 Å². The van der Waals surface area contributed by atoms with Gasteiger partial charge in [-0.15, -0.1) is 11.3 Å². The van der Waals surface area contributed by atoms with Crippen LogP contribution in [0, 0.1) is 0 Å². The first-order valence-corrected chi connectivity index (χ1v) is 6.72. The molecule has 1 N–H and O–H groups in total. The molecule has 1 unspecified atom stereocenters. The Bertz CT molecular complexity index is 711. The number of carboxylic acid groups (broad SMARTS) is 1. The van der Waals surface area contributed by atoms with E-state index in [-0.39, 0.29) is 11.6 Å². The topological polar surface area (TPSA) is 59.4 Å². The first-order chi connectivity index (χ1) is 9.88. The van der Waals surface area contributed by atoms with Crippen LogP contribution in [0.3, 0.4) is 0 Å². The van der Waals surface area contributed by atoms with Crippen LogP contribution in [0.2, 0.25) is 0 Å². The monoisotopic (exact) mass is 315 g/mol. The molecule has 8 heteroatoms. The number of carboxylic acids is 1. The van der Waals surface area contributed by atoms with E-state index >= 15 is 0 Å². The number of aromatic carboxylic acids is 1. The Morgan fingerprint density at radius 1 is 1.38 bits per heavy atom. The fraction of sp³-hybridized carbons (Fsp3) is 0.231. The number of rotatable bonds is 2. The second-order valence-electron chi connectivity index (χ2n) is 4.43. The lowest BCUT2D eigenvalue weighted by Crippen LogP contribution is -2.12. The minimum Gasteiger partial charge on any atom is -0.492 e. The average Bonchev–Trinajstić information content (AvgIpc) is 3.01. The van der Waals surface area contributed by atoms with Gasteiger partial charge in [-0.05, 0) is 6.07 Å². The maximum absolute atomic E-state index is 12.9. The molecule has 1 aromatic heterocycles. The number of halogens is 3. The SMILES string of the molecule is O=C(O)c1sc(C2COc3ccccc32)nc1C(F)(F)F. The molecule has 0 saturated heterocycles. The maximum atomic E-state index is 12.9. The van der Waals surface area contributed by atoms with E-state index < -0.39 is 28.6 Å². The molecule has 1 aliphatic rings. The molecule has 0 aliphatic carbocycles. The molecule has 0 fully saturated rings. The van der Waals surface area contributed by atoms with Gasteiger partial charge in [0, 0.05) is 5.56 Å². The number of nitrogens with zero attached hydrogens (tertiary/aromatic N) is 1. The first-order valence-electron chi connectivity index (χ1n) is 5.91. The van der Waals surface area contributed by atoms with Gasteiger partial charge in [-0.25, -0.2) is 9.78 Å². The molecule has 21 heavy (non-hydrogen) atoms. The van der Waals surface area contributed by atoms with Crippen molar-refractivity contribution in [2.24, 2.45) is 0 Å². The third-order valence-electron chi connectivity index (χ3n) is 3.10. The molecule has 1 aromatic carbocycles. The fourth-order valence-corrected chi connectivity index (χ4v) is 3.22. The van der Waals surface area contributed by atoms with Crippen molar-refractivity contribution in [2.75, 3.05) is 6.61 Å². The first kappa shape index (κ1) is 13.9. The van der Waals surface area contributed by atoms with Crippen molar-refractivity contribution in [2.45, 2.75) is 12.1 Å². The van der Waals surface area contributed by atoms with Gasteiger partial charge in [0.25, 0.3) is 0 Å². The van der Waals surface area contributed by atoms with Crippen LogP contribution in [-0.4, -0.2) is 22.7 Å². The minimum absolute atomic E-state index is 0.102. The molecular weight excluding hydrogens is 307 g/mol. The van der Waals surface area contributed by atoms with Gasteiger partial charge < -0.3 is 9.84 Å². The highest BCUT2D eigenvalue weighted by molar-refractivity contribution is 7.13. The van der Waals surface area contributed by atoms with E-state index in [1.54, 1.807) is 24.3 Å².